The molecule has 4 N–H and O–H groups in total. The molecule has 0 fully saturated rings. The Balaban J connectivity index is 2.60. The molecule has 0 aromatic heterocycles. The van der Waals surface area contributed by atoms with Gasteiger partial charge in [0.05, 0.1) is 18.2 Å². The van der Waals surface area contributed by atoms with Gasteiger partial charge in [-0.15, -0.1) is 12.6 Å². The molecule has 0 amide bonds. The first-order valence-corrected chi connectivity index (χ1v) is 5.27. The van der Waals surface area contributed by atoms with Crippen LogP contribution in [0.3, 0.4) is 0 Å². The summed E-state index contributed by atoms with van der Waals surface area (Å²) >= 11 is 9.12. The van der Waals surface area contributed by atoms with Crippen LogP contribution in [-0.2, 0) is 0 Å². The normalized spacial score (nSPS) is 17.3. The SMILES string of the molecule is OCCN(CCO)N1NC(=S)C=C(S)N1. The van der Waals surface area contributed by atoms with E-state index < -0.39 is 0 Å². The number of hydrogen-bond donors (Lipinski definition) is 5. The summed E-state index contributed by atoms with van der Waals surface area (Å²) in [6, 6.07) is 0. The smallest absolute Gasteiger partial charge is 0.118 e. The maximum absolute atomic E-state index is 8.85. The Morgan fingerprint density at radius 2 is 1.93 bits per heavy atom. The topological polar surface area (TPSA) is 71.0 Å². The number of thiol groups is 1. The van der Waals surface area contributed by atoms with Gasteiger partial charge in [-0.25, -0.2) is 5.01 Å². The lowest BCUT2D eigenvalue weighted by Crippen LogP contribution is -2.61. The first-order chi connectivity index (χ1) is 7.17. The summed E-state index contributed by atoms with van der Waals surface area (Å²) in [5.41, 5.74) is 5.73. The second-order valence-electron chi connectivity index (χ2n) is 2.83. The van der Waals surface area contributed by atoms with Gasteiger partial charge in [0, 0.05) is 19.2 Å². The lowest BCUT2D eigenvalue weighted by atomic mass is 10.5. The highest BCUT2D eigenvalue weighted by molar-refractivity contribution is 7.84. The molecular formula is C7H14N4O2S2. The van der Waals surface area contributed by atoms with Crippen molar-refractivity contribution in [2.75, 3.05) is 26.3 Å². The van der Waals surface area contributed by atoms with Crippen molar-refractivity contribution in [2.45, 2.75) is 0 Å². The molecule has 0 radical (unpaired) electrons. The fourth-order valence-corrected chi connectivity index (χ4v) is 1.63. The van der Waals surface area contributed by atoms with E-state index in [-0.39, 0.29) is 13.2 Å². The highest BCUT2D eigenvalue weighted by atomic mass is 32.1. The molecule has 1 rings (SSSR count). The number of thiocarbonyl (C=S) groups is 1. The predicted octanol–water partition coefficient (Wildman–Crippen LogP) is -1.39. The summed E-state index contributed by atoms with van der Waals surface area (Å²) in [5.74, 6) is 0. The maximum Gasteiger partial charge on any atom is 0.118 e. The molecule has 0 bridgehead atoms. The zero-order valence-corrected chi connectivity index (χ0v) is 9.76. The predicted molar refractivity (Wildman–Crippen MR) is 63.5 cm³/mol. The Labute approximate surface area is 98.9 Å². The van der Waals surface area contributed by atoms with Crippen LogP contribution >= 0.6 is 24.8 Å². The van der Waals surface area contributed by atoms with E-state index in [1.165, 1.54) is 5.23 Å². The van der Waals surface area contributed by atoms with Gasteiger partial charge in [-0.3, -0.25) is 10.9 Å². The fraction of sp³-hybridized carbons (Fsp3) is 0.571. The minimum absolute atomic E-state index is 0.0156. The maximum atomic E-state index is 8.85. The molecule has 0 atom stereocenters. The minimum atomic E-state index is -0.0156. The Bertz CT molecular complexity index is 255. The third-order valence-corrected chi connectivity index (χ3v) is 2.14. The molecule has 0 aromatic rings. The largest absolute Gasteiger partial charge is 0.395 e. The summed E-state index contributed by atoms with van der Waals surface area (Å²) in [6.45, 7) is 0.727. The second-order valence-corrected chi connectivity index (χ2v) is 3.75. The van der Waals surface area contributed by atoms with Gasteiger partial charge < -0.3 is 10.2 Å². The Morgan fingerprint density at radius 3 is 2.40 bits per heavy atom. The third kappa shape index (κ3) is 3.93. The summed E-state index contributed by atoms with van der Waals surface area (Å²) in [5, 5.41) is 21.5. The number of rotatable bonds is 5. The molecule has 1 heterocycles. The van der Waals surface area contributed by atoms with Gasteiger partial charge in [0.15, 0.2) is 0 Å². The van der Waals surface area contributed by atoms with E-state index in [0.717, 1.165) is 0 Å². The molecule has 0 saturated heterocycles. The lowest BCUT2D eigenvalue weighted by Gasteiger charge is -2.36. The van der Waals surface area contributed by atoms with Gasteiger partial charge in [-0.1, -0.05) is 17.4 Å². The minimum Gasteiger partial charge on any atom is -0.395 e. The van der Waals surface area contributed by atoms with E-state index in [1.54, 1.807) is 11.1 Å². The molecule has 6 nitrogen and oxygen atoms in total. The van der Waals surface area contributed by atoms with Gasteiger partial charge in [-0.2, -0.15) is 0 Å². The van der Waals surface area contributed by atoms with Crippen molar-refractivity contribution in [2.24, 2.45) is 0 Å². The first kappa shape index (κ1) is 12.7. The van der Waals surface area contributed by atoms with Gasteiger partial charge in [0.1, 0.15) is 4.99 Å². The first-order valence-electron chi connectivity index (χ1n) is 4.42. The summed E-state index contributed by atoms with van der Waals surface area (Å²) in [6.07, 6.45) is 1.66. The van der Waals surface area contributed by atoms with Gasteiger partial charge in [-0.05, 0) is 0 Å². The molecule has 1 aliphatic heterocycles. The zero-order valence-electron chi connectivity index (χ0n) is 8.05. The molecule has 0 aliphatic carbocycles. The van der Waals surface area contributed by atoms with E-state index in [2.05, 4.69) is 23.5 Å². The fourth-order valence-electron chi connectivity index (χ4n) is 1.11. The van der Waals surface area contributed by atoms with Crippen LogP contribution < -0.4 is 10.9 Å². The van der Waals surface area contributed by atoms with E-state index >= 15 is 0 Å². The number of hydrazine groups is 3. The lowest BCUT2D eigenvalue weighted by molar-refractivity contribution is -0.0981. The Morgan fingerprint density at radius 1 is 1.33 bits per heavy atom. The van der Waals surface area contributed by atoms with Crippen LogP contribution in [0, 0.1) is 0 Å². The third-order valence-electron chi connectivity index (χ3n) is 1.70. The number of aliphatic hydroxyl groups is 2. The Kier molecular flexibility index (Phi) is 5.29. The van der Waals surface area contributed by atoms with Crippen molar-refractivity contribution >= 4 is 29.8 Å². The van der Waals surface area contributed by atoms with Crippen LogP contribution in [0.15, 0.2) is 11.1 Å². The number of aliphatic hydroxyl groups excluding tert-OH is 2. The zero-order chi connectivity index (χ0) is 11.3. The van der Waals surface area contributed by atoms with Crippen molar-refractivity contribution in [1.29, 1.82) is 0 Å². The second kappa shape index (κ2) is 6.26. The molecule has 15 heavy (non-hydrogen) atoms. The summed E-state index contributed by atoms with van der Waals surface area (Å²) in [4.78, 5) is 0.514. The molecule has 0 spiro atoms. The number of hydrogen-bond acceptors (Lipinski definition) is 7. The quantitative estimate of drug-likeness (QED) is 0.304. The number of nitrogens with one attached hydrogen (secondary N) is 2. The molecule has 0 saturated carbocycles. The monoisotopic (exact) mass is 250 g/mol. The van der Waals surface area contributed by atoms with Crippen LogP contribution in [-0.4, -0.2) is 51.7 Å². The van der Waals surface area contributed by atoms with Gasteiger partial charge >= 0.3 is 0 Å². The summed E-state index contributed by atoms with van der Waals surface area (Å²) in [7, 11) is 0. The molecule has 0 unspecified atom stereocenters. The van der Waals surface area contributed by atoms with Gasteiger partial charge in [0.25, 0.3) is 0 Å². The highest BCUT2D eigenvalue weighted by Crippen LogP contribution is 2.04. The number of nitrogens with zero attached hydrogens (tertiary/aromatic N) is 2. The average Bonchev–Trinajstić information content (AvgIpc) is 2.16. The van der Waals surface area contributed by atoms with Crippen molar-refractivity contribution in [3.05, 3.63) is 11.1 Å². The van der Waals surface area contributed by atoms with Gasteiger partial charge in [0.2, 0.25) is 0 Å². The van der Waals surface area contributed by atoms with Crippen molar-refractivity contribution in [3.63, 3.8) is 0 Å². The van der Waals surface area contributed by atoms with E-state index in [4.69, 9.17) is 22.4 Å². The van der Waals surface area contributed by atoms with E-state index in [1.807, 2.05) is 0 Å². The van der Waals surface area contributed by atoms with E-state index in [0.29, 0.717) is 23.1 Å². The average molecular weight is 250 g/mol. The molecular weight excluding hydrogens is 236 g/mol. The molecule has 1 aliphatic rings. The summed E-state index contributed by atoms with van der Waals surface area (Å²) < 4.78 is 0. The van der Waals surface area contributed by atoms with Crippen molar-refractivity contribution in [1.82, 2.24) is 21.1 Å². The molecule has 86 valence electrons. The van der Waals surface area contributed by atoms with E-state index in [9.17, 15) is 0 Å². The van der Waals surface area contributed by atoms with Crippen LogP contribution in [0.25, 0.3) is 0 Å². The van der Waals surface area contributed by atoms with Crippen molar-refractivity contribution in [3.8, 4) is 0 Å². The highest BCUT2D eigenvalue weighted by Gasteiger charge is 2.18. The van der Waals surface area contributed by atoms with Crippen LogP contribution in [0.2, 0.25) is 0 Å². The van der Waals surface area contributed by atoms with Crippen LogP contribution in [0.4, 0.5) is 0 Å². The Hall–Kier alpha value is -0.380. The molecule has 0 aromatic carbocycles. The van der Waals surface area contributed by atoms with Crippen LogP contribution in [0.1, 0.15) is 0 Å². The van der Waals surface area contributed by atoms with Crippen molar-refractivity contribution < 1.29 is 10.2 Å². The van der Waals surface area contributed by atoms with Crippen LogP contribution in [0.5, 0.6) is 0 Å². The standard InChI is InChI=1S/C7H14N4O2S2/c12-3-1-10(2-4-13)11-8-6(14)5-7(15)9-11/h5,8,12-14H,1-4H2,(H,9,15). The molecule has 8 heteroatoms.